The number of hydrogen-bond acceptors (Lipinski definition) is 5. The second-order valence-electron chi connectivity index (χ2n) is 5.83. The Morgan fingerprint density at radius 1 is 1.14 bits per heavy atom. The highest BCUT2D eigenvalue weighted by Gasteiger charge is 2.23. The van der Waals surface area contributed by atoms with E-state index in [2.05, 4.69) is 19.2 Å². The Morgan fingerprint density at radius 3 is 2.18 bits per heavy atom. The van der Waals surface area contributed by atoms with Crippen LogP contribution in [0.5, 0.6) is 0 Å². The average Bonchev–Trinajstić information content (AvgIpc) is 2.36. The van der Waals surface area contributed by atoms with Gasteiger partial charge < -0.3 is 5.32 Å². The molecule has 0 spiro atoms. The molecule has 1 N–H and O–H groups in total. The summed E-state index contributed by atoms with van der Waals surface area (Å²) >= 11 is 0. The minimum atomic E-state index is -3.73. The molecule has 0 aliphatic rings. The van der Waals surface area contributed by atoms with Crippen LogP contribution < -0.4 is 5.32 Å². The lowest BCUT2D eigenvalue weighted by molar-refractivity contribution is 0.520. The molecule has 0 unspecified atom stereocenters. The summed E-state index contributed by atoms with van der Waals surface area (Å²) in [4.78, 5) is -0.0356. The molecule has 0 radical (unpaired) electrons. The molecule has 22 heavy (non-hydrogen) atoms. The third kappa shape index (κ3) is 4.69. The van der Waals surface area contributed by atoms with Gasteiger partial charge in [0, 0.05) is 26.9 Å². The highest BCUT2D eigenvalue weighted by atomic mass is 32.2. The van der Waals surface area contributed by atoms with Crippen LogP contribution in [0, 0.1) is 5.92 Å². The van der Waals surface area contributed by atoms with Gasteiger partial charge in [0.15, 0.2) is 9.84 Å². The van der Waals surface area contributed by atoms with Crippen molar-refractivity contribution < 1.29 is 16.8 Å². The van der Waals surface area contributed by atoms with Crippen molar-refractivity contribution in [2.45, 2.75) is 30.1 Å². The fourth-order valence-corrected chi connectivity index (χ4v) is 3.59. The highest BCUT2D eigenvalue weighted by molar-refractivity contribution is 7.91. The van der Waals surface area contributed by atoms with Crippen LogP contribution in [0.2, 0.25) is 0 Å². The number of sulfonamides is 1. The summed E-state index contributed by atoms with van der Waals surface area (Å²) in [6.45, 7) is 4.77. The quantitative estimate of drug-likeness (QED) is 0.812. The van der Waals surface area contributed by atoms with Crippen molar-refractivity contribution in [3.63, 3.8) is 0 Å². The van der Waals surface area contributed by atoms with Crippen LogP contribution in [0.25, 0.3) is 0 Å². The zero-order chi connectivity index (χ0) is 17.1. The molecule has 0 saturated carbocycles. The van der Waals surface area contributed by atoms with Crippen LogP contribution in [0.4, 0.5) is 5.69 Å². The van der Waals surface area contributed by atoms with E-state index in [-0.39, 0.29) is 9.79 Å². The second-order valence-corrected chi connectivity index (χ2v) is 9.96. The second kappa shape index (κ2) is 6.97. The number of sulfone groups is 1. The predicted molar refractivity (Wildman–Crippen MR) is 88.4 cm³/mol. The fraction of sp³-hybridized carbons (Fsp3) is 0.571. The smallest absolute Gasteiger partial charge is 0.244 e. The van der Waals surface area contributed by atoms with Crippen LogP contribution in [-0.4, -0.2) is 48.0 Å². The normalized spacial score (nSPS) is 12.9. The standard InChI is InChI=1S/C14H24N2O4S2/c1-11(2)8-9-15-13-7-6-12(21(5,17)18)10-14(13)22(19,20)16(3)4/h6-7,10-11,15H,8-9H2,1-5H3. The molecular weight excluding hydrogens is 324 g/mol. The zero-order valence-corrected chi connectivity index (χ0v) is 15.3. The van der Waals surface area contributed by atoms with E-state index in [4.69, 9.17) is 0 Å². The Balaban J connectivity index is 3.33. The van der Waals surface area contributed by atoms with Crippen LogP contribution >= 0.6 is 0 Å². The molecule has 0 aliphatic heterocycles. The third-order valence-electron chi connectivity index (χ3n) is 3.18. The molecule has 8 heteroatoms. The molecule has 1 aromatic carbocycles. The first-order valence-corrected chi connectivity index (χ1v) is 10.3. The lowest BCUT2D eigenvalue weighted by Crippen LogP contribution is -2.24. The Morgan fingerprint density at radius 2 is 1.73 bits per heavy atom. The molecule has 6 nitrogen and oxygen atoms in total. The summed E-state index contributed by atoms with van der Waals surface area (Å²) in [5, 5.41) is 3.08. The van der Waals surface area contributed by atoms with Crippen molar-refractivity contribution in [3.05, 3.63) is 18.2 Å². The molecular formula is C14H24N2O4S2. The maximum absolute atomic E-state index is 12.4. The molecule has 0 saturated heterocycles. The summed E-state index contributed by atoms with van der Waals surface area (Å²) in [6, 6.07) is 4.14. The average molecular weight is 348 g/mol. The molecule has 0 heterocycles. The largest absolute Gasteiger partial charge is 0.384 e. The SMILES string of the molecule is CC(C)CCNc1ccc(S(C)(=O)=O)cc1S(=O)(=O)N(C)C. The number of nitrogens with zero attached hydrogens (tertiary/aromatic N) is 1. The van der Waals surface area contributed by atoms with E-state index >= 15 is 0 Å². The summed E-state index contributed by atoms with van der Waals surface area (Å²) < 4.78 is 49.2. The van der Waals surface area contributed by atoms with E-state index in [1.165, 1.54) is 32.3 Å². The monoisotopic (exact) mass is 348 g/mol. The van der Waals surface area contributed by atoms with Gasteiger partial charge >= 0.3 is 0 Å². The number of anilines is 1. The first kappa shape index (κ1) is 18.9. The van der Waals surface area contributed by atoms with E-state index in [0.29, 0.717) is 18.2 Å². The highest BCUT2D eigenvalue weighted by Crippen LogP contribution is 2.27. The van der Waals surface area contributed by atoms with Crippen molar-refractivity contribution in [3.8, 4) is 0 Å². The summed E-state index contributed by atoms with van der Waals surface area (Å²) in [6.07, 6.45) is 1.94. The van der Waals surface area contributed by atoms with Crippen LogP contribution in [0.15, 0.2) is 28.0 Å². The van der Waals surface area contributed by atoms with E-state index in [1.807, 2.05) is 0 Å². The van der Waals surface area contributed by atoms with Crippen molar-refractivity contribution >= 4 is 25.5 Å². The van der Waals surface area contributed by atoms with E-state index in [0.717, 1.165) is 17.0 Å². The Bertz CT molecular complexity index is 723. The Hall–Kier alpha value is -1.12. The molecule has 1 aromatic rings. The molecule has 0 aromatic heterocycles. The van der Waals surface area contributed by atoms with E-state index in [9.17, 15) is 16.8 Å². The number of hydrogen-bond donors (Lipinski definition) is 1. The van der Waals surface area contributed by atoms with E-state index < -0.39 is 19.9 Å². The van der Waals surface area contributed by atoms with Gasteiger partial charge in [0.1, 0.15) is 4.90 Å². The topological polar surface area (TPSA) is 83.5 Å². The first-order chi connectivity index (χ1) is 9.96. The van der Waals surface area contributed by atoms with Gasteiger partial charge in [0.05, 0.1) is 10.6 Å². The van der Waals surface area contributed by atoms with Gasteiger partial charge in [-0.2, -0.15) is 0 Å². The summed E-state index contributed by atoms with van der Waals surface area (Å²) in [5.74, 6) is 0.483. The summed E-state index contributed by atoms with van der Waals surface area (Å²) in [7, 11) is -4.37. The maximum Gasteiger partial charge on any atom is 0.244 e. The van der Waals surface area contributed by atoms with Gasteiger partial charge in [-0.1, -0.05) is 13.8 Å². The fourth-order valence-electron chi connectivity index (χ4n) is 1.78. The lowest BCUT2D eigenvalue weighted by Gasteiger charge is -2.17. The minimum absolute atomic E-state index is 0.0117. The molecule has 1 rings (SSSR count). The van der Waals surface area contributed by atoms with Gasteiger partial charge in [-0.05, 0) is 30.5 Å². The van der Waals surface area contributed by atoms with Crippen molar-refractivity contribution in [2.24, 2.45) is 5.92 Å². The Labute approximate surface area is 133 Å². The van der Waals surface area contributed by atoms with Gasteiger partial charge in [-0.25, -0.2) is 21.1 Å². The molecule has 0 atom stereocenters. The van der Waals surface area contributed by atoms with Gasteiger partial charge in [-0.15, -0.1) is 0 Å². The van der Waals surface area contributed by atoms with Gasteiger partial charge in [0.25, 0.3) is 0 Å². The minimum Gasteiger partial charge on any atom is -0.384 e. The molecule has 0 aliphatic carbocycles. The van der Waals surface area contributed by atoms with Gasteiger partial charge in [0.2, 0.25) is 10.0 Å². The van der Waals surface area contributed by atoms with Gasteiger partial charge in [-0.3, -0.25) is 0 Å². The maximum atomic E-state index is 12.4. The number of benzene rings is 1. The first-order valence-electron chi connectivity index (χ1n) is 6.96. The number of nitrogens with one attached hydrogen (secondary N) is 1. The molecule has 0 fully saturated rings. The lowest BCUT2D eigenvalue weighted by atomic mass is 10.1. The molecule has 126 valence electrons. The van der Waals surface area contributed by atoms with Crippen molar-refractivity contribution in [2.75, 3.05) is 32.2 Å². The molecule has 0 amide bonds. The predicted octanol–water partition coefficient (Wildman–Crippen LogP) is 1.80. The summed E-state index contributed by atoms with van der Waals surface area (Å²) in [5.41, 5.74) is 0.418. The van der Waals surface area contributed by atoms with E-state index in [1.54, 1.807) is 0 Å². The van der Waals surface area contributed by atoms with Crippen LogP contribution in [0.3, 0.4) is 0 Å². The van der Waals surface area contributed by atoms with Crippen molar-refractivity contribution in [1.82, 2.24) is 4.31 Å². The third-order valence-corrected chi connectivity index (χ3v) is 6.14. The van der Waals surface area contributed by atoms with Crippen LogP contribution in [-0.2, 0) is 19.9 Å². The van der Waals surface area contributed by atoms with Crippen molar-refractivity contribution in [1.29, 1.82) is 0 Å². The zero-order valence-electron chi connectivity index (χ0n) is 13.6. The van der Waals surface area contributed by atoms with Crippen LogP contribution in [0.1, 0.15) is 20.3 Å². The molecule has 0 bridgehead atoms. The number of rotatable bonds is 7. The Kier molecular flexibility index (Phi) is 6.00.